The average Bonchev–Trinajstić information content (AvgIpc) is 2.66. The quantitative estimate of drug-likeness (QED) is 0.682. The molecular weight excluding hydrogens is 374 g/mol. The van der Waals surface area contributed by atoms with Gasteiger partial charge in [0, 0.05) is 23.7 Å². The number of sulfonamides is 1. The Morgan fingerprint density at radius 2 is 1.64 bits per heavy atom. The van der Waals surface area contributed by atoms with Crippen LogP contribution in [-0.4, -0.2) is 33.0 Å². The third kappa shape index (κ3) is 4.79. The van der Waals surface area contributed by atoms with Gasteiger partial charge < -0.3 is 10.2 Å². The van der Waals surface area contributed by atoms with E-state index >= 15 is 0 Å². The standard InChI is InChI=1S/C21H27N3O3S/c1-15(2)23-28(26,27)20-10-8-19(9-11-20)22-21(25)16(3)24-13-12-17-6-4-5-7-18(17)14-24/h4-11,15-16,23H,12-14H2,1-3H3,(H,22,25)/p+1/t16-/m1/s1. The number of benzene rings is 2. The van der Waals surface area contributed by atoms with Crippen molar-refractivity contribution in [1.82, 2.24) is 4.72 Å². The van der Waals surface area contributed by atoms with Gasteiger partial charge in [0.05, 0.1) is 11.4 Å². The lowest BCUT2D eigenvalue weighted by Gasteiger charge is -2.30. The number of hydrogen-bond acceptors (Lipinski definition) is 3. The van der Waals surface area contributed by atoms with Crippen LogP contribution < -0.4 is 14.9 Å². The van der Waals surface area contributed by atoms with Gasteiger partial charge in [-0.25, -0.2) is 13.1 Å². The number of hydrogen-bond donors (Lipinski definition) is 3. The molecule has 0 bridgehead atoms. The van der Waals surface area contributed by atoms with E-state index in [0.29, 0.717) is 5.69 Å². The van der Waals surface area contributed by atoms with Crippen molar-refractivity contribution in [2.75, 3.05) is 11.9 Å². The number of carbonyl (C=O) groups excluding carboxylic acids is 1. The van der Waals surface area contributed by atoms with E-state index in [4.69, 9.17) is 0 Å². The van der Waals surface area contributed by atoms with Crippen molar-refractivity contribution in [3.05, 3.63) is 59.7 Å². The first kappa shape index (κ1) is 20.5. The van der Waals surface area contributed by atoms with E-state index in [1.54, 1.807) is 26.0 Å². The smallest absolute Gasteiger partial charge is 0.282 e. The van der Waals surface area contributed by atoms with Crippen LogP contribution >= 0.6 is 0 Å². The summed E-state index contributed by atoms with van der Waals surface area (Å²) in [5.41, 5.74) is 3.26. The molecule has 0 saturated carbocycles. The molecule has 28 heavy (non-hydrogen) atoms. The second-order valence-electron chi connectivity index (χ2n) is 7.62. The molecule has 1 aliphatic rings. The number of anilines is 1. The van der Waals surface area contributed by atoms with Crippen LogP contribution in [0.5, 0.6) is 0 Å². The Kier molecular flexibility index (Phi) is 6.17. The van der Waals surface area contributed by atoms with Gasteiger partial charge in [0.15, 0.2) is 6.04 Å². The molecule has 2 aromatic rings. The summed E-state index contributed by atoms with van der Waals surface area (Å²) in [6.07, 6.45) is 0.971. The highest BCUT2D eigenvalue weighted by molar-refractivity contribution is 7.89. The Balaban J connectivity index is 1.63. The summed E-state index contributed by atoms with van der Waals surface area (Å²) in [7, 11) is -3.53. The number of quaternary nitrogens is 1. The molecule has 0 saturated heterocycles. The molecule has 0 spiro atoms. The van der Waals surface area contributed by atoms with Gasteiger partial charge in [-0.15, -0.1) is 0 Å². The molecule has 3 rings (SSSR count). The second-order valence-corrected chi connectivity index (χ2v) is 9.33. The summed E-state index contributed by atoms with van der Waals surface area (Å²) in [5, 5.41) is 2.91. The molecule has 6 nitrogen and oxygen atoms in total. The fraction of sp³-hybridized carbons (Fsp3) is 0.381. The van der Waals surface area contributed by atoms with Crippen molar-refractivity contribution in [3.63, 3.8) is 0 Å². The van der Waals surface area contributed by atoms with Gasteiger partial charge in [-0.2, -0.15) is 0 Å². The van der Waals surface area contributed by atoms with Gasteiger partial charge in [0.25, 0.3) is 5.91 Å². The first-order valence-corrected chi connectivity index (χ1v) is 11.1. The summed E-state index contributed by atoms with van der Waals surface area (Å²) in [5.74, 6) is -0.0645. The zero-order chi connectivity index (χ0) is 20.3. The molecule has 0 aliphatic carbocycles. The molecule has 2 aromatic carbocycles. The molecule has 3 N–H and O–H groups in total. The van der Waals surface area contributed by atoms with Gasteiger partial charge in [-0.3, -0.25) is 4.79 Å². The van der Waals surface area contributed by atoms with Crippen LogP contribution in [-0.2, 0) is 27.8 Å². The van der Waals surface area contributed by atoms with Crippen LogP contribution in [0.1, 0.15) is 31.9 Å². The second kappa shape index (κ2) is 8.43. The monoisotopic (exact) mass is 402 g/mol. The molecule has 0 aromatic heterocycles. The predicted molar refractivity (Wildman–Crippen MR) is 110 cm³/mol. The van der Waals surface area contributed by atoms with Crippen LogP contribution in [0.15, 0.2) is 53.4 Å². The van der Waals surface area contributed by atoms with Crippen molar-refractivity contribution in [3.8, 4) is 0 Å². The van der Waals surface area contributed by atoms with E-state index in [9.17, 15) is 13.2 Å². The fourth-order valence-electron chi connectivity index (χ4n) is 3.50. The summed E-state index contributed by atoms with van der Waals surface area (Å²) >= 11 is 0. The Hall–Kier alpha value is -2.22. The van der Waals surface area contributed by atoms with E-state index < -0.39 is 10.0 Å². The lowest BCUT2D eigenvalue weighted by atomic mass is 9.99. The van der Waals surface area contributed by atoms with Crippen molar-refractivity contribution >= 4 is 21.6 Å². The van der Waals surface area contributed by atoms with E-state index in [1.165, 1.54) is 28.2 Å². The SMILES string of the molecule is CC(C)NS(=O)(=O)c1ccc(NC(=O)[C@@H](C)[NH+]2CCc3ccccc3C2)cc1. The highest BCUT2D eigenvalue weighted by Gasteiger charge is 2.29. The average molecular weight is 403 g/mol. The Labute approximate surface area is 167 Å². The zero-order valence-corrected chi connectivity index (χ0v) is 17.3. The number of rotatable bonds is 6. The van der Waals surface area contributed by atoms with Crippen LogP contribution in [0.3, 0.4) is 0 Å². The maximum Gasteiger partial charge on any atom is 0.282 e. The summed E-state index contributed by atoms with van der Waals surface area (Å²) in [4.78, 5) is 14.1. The van der Waals surface area contributed by atoms with Crippen LogP contribution in [0.4, 0.5) is 5.69 Å². The Bertz CT molecular complexity index is 940. The molecule has 1 heterocycles. The van der Waals surface area contributed by atoms with Crippen LogP contribution in [0.2, 0.25) is 0 Å². The van der Waals surface area contributed by atoms with Gasteiger partial charge in [-0.05, 0) is 50.6 Å². The number of fused-ring (bicyclic) bond motifs is 1. The van der Waals surface area contributed by atoms with Gasteiger partial charge in [0.1, 0.15) is 6.54 Å². The highest BCUT2D eigenvalue weighted by Crippen LogP contribution is 2.15. The van der Waals surface area contributed by atoms with E-state index in [0.717, 1.165) is 19.5 Å². The lowest BCUT2D eigenvalue weighted by molar-refractivity contribution is -0.929. The first-order valence-electron chi connectivity index (χ1n) is 9.61. The summed E-state index contributed by atoms with van der Waals surface area (Å²) in [6, 6.07) is 14.3. The molecule has 150 valence electrons. The Morgan fingerprint density at radius 3 is 2.29 bits per heavy atom. The van der Waals surface area contributed by atoms with Gasteiger partial charge >= 0.3 is 0 Å². The maximum atomic E-state index is 12.7. The predicted octanol–water partition coefficient (Wildman–Crippen LogP) is 1.34. The molecular formula is C21H28N3O3S+. The van der Waals surface area contributed by atoms with Crippen LogP contribution in [0.25, 0.3) is 0 Å². The molecule has 1 unspecified atom stereocenters. The minimum Gasteiger partial charge on any atom is -0.321 e. The van der Waals surface area contributed by atoms with Crippen molar-refractivity contribution in [2.24, 2.45) is 0 Å². The third-order valence-corrected chi connectivity index (χ3v) is 6.75. The molecule has 1 aliphatic heterocycles. The third-order valence-electron chi connectivity index (χ3n) is 5.08. The topological polar surface area (TPSA) is 79.7 Å². The van der Waals surface area contributed by atoms with Crippen LogP contribution in [0, 0.1) is 0 Å². The van der Waals surface area contributed by atoms with Crippen molar-refractivity contribution in [2.45, 2.75) is 50.7 Å². The molecule has 0 radical (unpaired) electrons. The number of amides is 1. The number of carbonyl (C=O) groups is 1. The summed E-state index contributed by atoms with van der Waals surface area (Å²) < 4.78 is 26.9. The largest absolute Gasteiger partial charge is 0.321 e. The van der Waals surface area contributed by atoms with Crippen molar-refractivity contribution in [1.29, 1.82) is 0 Å². The highest BCUT2D eigenvalue weighted by atomic mass is 32.2. The lowest BCUT2D eigenvalue weighted by Crippen LogP contribution is -3.16. The molecule has 2 atom stereocenters. The van der Waals surface area contributed by atoms with Gasteiger partial charge in [0.2, 0.25) is 10.0 Å². The number of nitrogens with one attached hydrogen (secondary N) is 3. The fourth-order valence-corrected chi connectivity index (χ4v) is 4.75. The summed E-state index contributed by atoms with van der Waals surface area (Å²) in [6.45, 7) is 7.24. The first-order chi connectivity index (χ1) is 13.3. The Morgan fingerprint density at radius 1 is 1.00 bits per heavy atom. The van der Waals surface area contributed by atoms with E-state index in [1.807, 2.05) is 13.0 Å². The van der Waals surface area contributed by atoms with E-state index in [2.05, 4.69) is 28.2 Å². The molecule has 1 amide bonds. The minimum absolute atomic E-state index is 0.0645. The van der Waals surface area contributed by atoms with E-state index in [-0.39, 0.29) is 22.9 Å². The minimum atomic E-state index is -3.53. The maximum absolute atomic E-state index is 12.7. The van der Waals surface area contributed by atoms with Gasteiger partial charge in [-0.1, -0.05) is 24.3 Å². The van der Waals surface area contributed by atoms with Crippen molar-refractivity contribution < 1.29 is 18.1 Å². The molecule has 0 fully saturated rings. The zero-order valence-electron chi connectivity index (χ0n) is 16.5. The molecule has 7 heteroatoms. The normalized spacial score (nSPS) is 17.8.